The second kappa shape index (κ2) is 4.35. The van der Waals surface area contributed by atoms with Gasteiger partial charge in [-0.15, -0.1) is 0 Å². The number of carboxylic acids is 1. The fraction of sp³-hybridized carbons (Fsp3) is 0.143. The molecule has 6 nitrogen and oxygen atoms in total. The number of halogens is 3. The molecule has 0 aliphatic carbocycles. The lowest BCUT2D eigenvalue weighted by molar-refractivity contribution is -0.391. The highest BCUT2D eigenvalue weighted by molar-refractivity contribution is 6.34. The van der Waals surface area contributed by atoms with Crippen LogP contribution in [0.15, 0.2) is 6.20 Å². The third-order valence-corrected chi connectivity index (χ3v) is 2.06. The van der Waals surface area contributed by atoms with Crippen LogP contribution in [-0.4, -0.2) is 21.0 Å². The molecular weight excluding hydrogens is 250 g/mol. The number of aromatic nitrogens is 1. The Hall–Kier alpha value is -1.83. The van der Waals surface area contributed by atoms with Crippen LogP contribution in [0.25, 0.3) is 0 Å². The average Bonchev–Trinajstić information content (AvgIpc) is 2.15. The Balaban J connectivity index is 3.54. The molecule has 0 bridgehead atoms. The lowest BCUT2D eigenvalue weighted by Crippen LogP contribution is -2.06. The lowest BCUT2D eigenvalue weighted by atomic mass is 10.2. The summed E-state index contributed by atoms with van der Waals surface area (Å²) in [6, 6.07) is 0. The van der Waals surface area contributed by atoms with Crippen LogP contribution in [0, 0.1) is 10.1 Å². The minimum Gasteiger partial charge on any atom is -0.478 e. The minimum atomic E-state index is -3.28. The van der Waals surface area contributed by atoms with E-state index < -0.39 is 39.3 Å². The molecule has 16 heavy (non-hydrogen) atoms. The maximum Gasteiger partial charge on any atom is 0.373 e. The molecule has 1 N–H and O–H groups in total. The molecule has 1 aromatic heterocycles. The van der Waals surface area contributed by atoms with E-state index in [4.69, 9.17) is 16.7 Å². The molecule has 1 heterocycles. The summed E-state index contributed by atoms with van der Waals surface area (Å²) >= 11 is 5.34. The summed E-state index contributed by atoms with van der Waals surface area (Å²) in [6.45, 7) is 0. The molecule has 0 spiro atoms. The number of hydrogen-bond donors (Lipinski definition) is 1. The van der Waals surface area contributed by atoms with Gasteiger partial charge in [-0.2, -0.15) is 0 Å². The van der Waals surface area contributed by atoms with E-state index in [0.29, 0.717) is 6.20 Å². The van der Waals surface area contributed by atoms with Crippen LogP contribution in [0.5, 0.6) is 0 Å². The van der Waals surface area contributed by atoms with Crippen molar-refractivity contribution in [2.45, 2.75) is 6.43 Å². The first kappa shape index (κ1) is 12.2. The molecular formula is C7H3ClF2N2O4. The van der Waals surface area contributed by atoms with E-state index >= 15 is 0 Å². The fourth-order valence-corrected chi connectivity index (χ4v) is 1.28. The first-order chi connectivity index (χ1) is 7.36. The summed E-state index contributed by atoms with van der Waals surface area (Å²) in [7, 11) is 0. The molecule has 0 aromatic carbocycles. The molecule has 86 valence electrons. The standard InChI is InChI=1S/C7H3ClF2N2O4/c8-4-2(7(13)14)1-11-6(12(15)16)3(4)5(9)10/h1,5H,(H,13,14). The zero-order valence-electron chi connectivity index (χ0n) is 7.35. The highest BCUT2D eigenvalue weighted by atomic mass is 35.5. The third kappa shape index (κ3) is 2.06. The molecule has 0 amide bonds. The van der Waals surface area contributed by atoms with Crippen LogP contribution in [0.3, 0.4) is 0 Å². The molecule has 1 aromatic rings. The number of rotatable bonds is 3. The normalized spacial score (nSPS) is 10.5. The second-order valence-corrected chi connectivity index (χ2v) is 2.96. The van der Waals surface area contributed by atoms with Crippen molar-refractivity contribution in [1.82, 2.24) is 4.98 Å². The van der Waals surface area contributed by atoms with Crippen LogP contribution >= 0.6 is 11.6 Å². The summed E-state index contributed by atoms with van der Waals surface area (Å²) in [5.74, 6) is -2.74. The van der Waals surface area contributed by atoms with Gasteiger partial charge in [0.1, 0.15) is 11.1 Å². The molecule has 0 aliphatic rings. The Bertz CT molecular complexity index is 466. The number of alkyl halides is 2. The van der Waals surface area contributed by atoms with E-state index in [2.05, 4.69) is 4.98 Å². The van der Waals surface area contributed by atoms with Gasteiger partial charge in [-0.1, -0.05) is 11.6 Å². The Morgan fingerprint density at radius 1 is 1.62 bits per heavy atom. The van der Waals surface area contributed by atoms with Crippen molar-refractivity contribution in [3.8, 4) is 0 Å². The van der Waals surface area contributed by atoms with Gasteiger partial charge in [-0.3, -0.25) is 0 Å². The van der Waals surface area contributed by atoms with Crippen molar-refractivity contribution in [2.24, 2.45) is 0 Å². The molecule has 0 atom stereocenters. The van der Waals surface area contributed by atoms with Gasteiger partial charge >= 0.3 is 11.8 Å². The third-order valence-electron chi connectivity index (χ3n) is 1.65. The smallest absolute Gasteiger partial charge is 0.373 e. The number of hydrogen-bond acceptors (Lipinski definition) is 4. The number of nitrogens with zero attached hydrogens (tertiary/aromatic N) is 2. The van der Waals surface area contributed by atoms with Gasteiger partial charge in [-0.25, -0.2) is 13.6 Å². The first-order valence-corrected chi connectivity index (χ1v) is 4.08. The average molecular weight is 253 g/mol. The van der Waals surface area contributed by atoms with Crippen molar-refractivity contribution < 1.29 is 23.6 Å². The number of nitro groups is 1. The highest BCUT2D eigenvalue weighted by Gasteiger charge is 2.30. The Morgan fingerprint density at radius 2 is 2.19 bits per heavy atom. The van der Waals surface area contributed by atoms with Crippen LogP contribution in [0.1, 0.15) is 22.3 Å². The SMILES string of the molecule is O=C(O)c1cnc([N+](=O)[O-])c(C(F)F)c1Cl. The molecule has 0 unspecified atom stereocenters. The second-order valence-electron chi connectivity index (χ2n) is 2.59. The fourth-order valence-electron chi connectivity index (χ4n) is 0.983. The minimum absolute atomic E-state index is 0.564. The van der Waals surface area contributed by atoms with E-state index in [1.807, 2.05) is 0 Å². The van der Waals surface area contributed by atoms with Gasteiger partial charge in [0.05, 0.1) is 5.02 Å². The molecule has 9 heteroatoms. The quantitative estimate of drug-likeness (QED) is 0.658. The van der Waals surface area contributed by atoms with Gasteiger partial charge in [0.2, 0.25) is 0 Å². The Kier molecular flexibility index (Phi) is 3.33. The molecule has 1 rings (SSSR count). The number of aromatic carboxylic acids is 1. The number of carbonyl (C=O) groups is 1. The van der Waals surface area contributed by atoms with E-state index in [1.165, 1.54) is 0 Å². The van der Waals surface area contributed by atoms with Crippen molar-refractivity contribution in [1.29, 1.82) is 0 Å². The summed E-state index contributed by atoms with van der Waals surface area (Å²) in [5, 5.41) is 18.1. The van der Waals surface area contributed by atoms with Crippen LogP contribution in [0.2, 0.25) is 5.02 Å². The maximum atomic E-state index is 12.5. The molecule has 0 fully saturated rings. The van der Waals surface area contributed by atoms with E-state index in [1.54, 1.807) is 0 Å². The van der Waals surface area contributed by atoms with E-state index in [-0.39, 0.29) is 0 Å². The van der Waals surface area contributed by atoms with Crippen molar-refractivity contribution >= 4 is 23.4 Å². The maximum absolute atomic E-state index is 12.5. The lowest BCUT2D eigenvalue weighted by Gasteiger charge is -2.05. The van der Waals surface area contributed by atoms with Gasteiger partial charge in [-0.05, 0) is 9.91 Å². The van der Waals surface area contributed by atoms with Gasteiger partial charge < -0.3 is 15.2 Å². The van der Waals surface area contributed by atoms with Gasteiger partial charge in [0, 0.05) is 0 Å². The summed E-state index contributed by atoms with van der Waals surface area (Å²) in [4.78, 5) is 22.8. The molecule has 0 saturated heterocycles. The van der Waals surface area contributed by atoms with E-state index in [9.17, 15) is 23.7 Å². The van der Waals surface area contributed by atoms with Crippen LogP contribution in [-0.2, 0) is 0 Å². The Morgan fingerprint density at radius 3 is 2.56 bits per heavy atom. The molecule has 0 aliphatic heterocycles. The monoisotopic (exact) mass is 252 g/mol. The molecule has 0 radical (unpaired) electrons. The Labute approximate surface area is 91.6 Å². The summed E-state index contributed by atoms with van der Waals surface area (Å²) in [5.41, 5.74) is -1.89. The largest absolute Gasteiger partial charge is 0.478 e. The van der Waals surface area contributed by atoms with Crippen molar-refractivity contribution in [3.63, 3.8) is 0 Å². The van der Waals surface area contributed by atoms with Crippen molar-refractivity contribution in [3.05, 3.63) is 32.5 Å². The number of carboxylic acid groups (broad SMARTS) is 1. The predicted octanol–water partition coefficient (Wildman–Crippen LogP) is 2.28. The van der Waals surface area contributed by atoms with Gasteiger partial charge in [0.15, 0.2) is 6.20 Å². The highest BCUT2D eigenvalue weighted by Crippen LogP contribution is 2.35. The summed E-state index contributed by atoms with van der Waals surface area (Å²) < 4.78 is 24.9. The zero-order valence-corrected chi connectivity index (χ0v) is 8.11. The van der Waals surface area contributed by atoms with Crippen LogP contribution < -0.4 is 0 Å². The first-order valence-electron chi connectivity index (χ1n) is 3.70. The summed E-state index contributed by atoms with van der Waals surface area (Å²) in [6.07, 6.45) is -2.71. The predicted molar refractivity (Wildman–Crippen MR) is 47.8 cm³/mol. The topological polar surface area (TPSA) is 93.3 Å². The van der Waals surface area contributed by atoms with Crippen molar-refractivity contribution in [2.75, 3.05) is 0 Å². The van der Waals surface area contributed by atoms with E-state index in [0.717, 1.165) is 0 Å². The van der Waals surface area contributed by atoms with Gasteiger partial charge in [0.25, 0.3) is 6.43 Å². The molecule has 0 saturated carbocycles. The van der Waals surface area contributed by atoms with Crippen LogP contribution in [0.4, 0.5) is 14.6 Å². The number of pyridine rings is 1. The zero-order chi connectivity index (χ0) is 12.5.